The molecule has 2 atom stereocenters. The van der Waals surface area contributed by atoms with Crippen LogP contribution in [0.4, 0.5) is 11.5 Å². The van der Waals surface area contributed by atoms with E-state index in [0.29, 0.717) is 24.3 Å². The maximum atomic E-state index is 6.23. The quantitative estimate of drug-likeness (QED) is 0.591. The predicted molar refractivity (Wildman–Crippen MR) is 127 cm³/mol. The molecule has 9 nitrogen and oxygen atoms in total. The van der Waals surface area contributed by atoms with Crippen LogP contribution in [0.3, 0.4) is 0 Å². The molecule has 5 rings (SSSR count). The van der Waals surface area contributed by atoms with Gasteiger partial charge in [-0.25, -0.2) is 4.98 Å². The van der Waals surface area contributed by atoms with Crippen molar-refractivity contribution in [3.8, 4) is 17.4 Å². The number of nitrogens with zero attached hydrogens (tertiary/aromatic N) is 6. The highest BCUT2D eigenvalue weighted by Gasteiger charge is 2.23. The third-order valence-electron chi connectivity index (χ3n) is 6.14. The second kappa shape index (κ2) is 9.21. The number of nitrogens with two attached hydrogens (primary N) is 1. The van der Waals surface area contributed by atoms with Crippen molar-refractivity contribution in [3.05, 3.63) is 54.4 Å². The van der Waals surface area contributed by atoms with E-state index in [4.69, 9.17) is 15.2 Å². The van der Waals surface area contributed by atoms with Crippen LogP contribution in [0.1, 0.15) is 31.5 Å². The third kappa shape index (κ3) is 4.69. The van der Waals surface area contributed by atoms with Gasteiger partial charge in [-0.2, -0.15) is 5.10 Å². The minimum Gasteiger partial charge on any atom is -0.491 e. The Morgan fingerprint density at radius 3 is 2.76 bits per heavy atom. The molecule has 1 saturated heterocycles. The number of aryl methyl sites for hydroxylation is 1. The van der Waals surface area contributed by atoms with Gasteiger partial charge in [0, 0.05) is 43.5 Å². The fraction of sp³-hybridized carbons (Fsp3) is 0.375. The summed E-state index contributed by atoms with van der Waals surface area (Å²) in [6.45, 7) is 5.02. The van der Waals surface area contributed by atoms with Crippen molar-refractivity contribution in [2.75, 3.05) is 24.6 Å². The molecule has 1 fully saturated rings. The van der Waals surface area contributed by atoms with Crippen molar-refractivity contribution in [1.82, 2.24) is 19.7 Å². The van der Waals surface area contributed by atoms with Crippen molar-refractivity contribution < 1.29 is 9.47 Å². The number of aliphatic imine (C=N–C) groups is 1. The molecule has 4 heterocycles. The molecular formula is C24H29N7O2. The zero-order chi connectivity index (χ0) is 22.8. The minimum absolute atomic E-state index is 0.467. The average molecular weight is 448 g/mol. The van der Waals surface area contributed by atoms with Crippen LogP contribution < -0.4 is 20.1 Å². The van der Waals surface area contributed by atoms with Crippen LogP contribution in [-0.4, -0.2) is 51.7 Å². The molecule has 0 spiro atoms. The van der Waals surface area contributed by atoms with Gasteiger partial charge in [0.1, 0.15) is 24.3 Å². The lowest BCUT2D eigenvalue weighted by Gasteiger charge is -2.27. The summed E-state index contributed by atoms with van der Waals surface area (Å²) in [5.74, 6) is 2.65. The Bertz CT molecular complexity index is 1130. The molecule has 9 heteroatoms. The van der Waals surface area contributed by atoms with Crippen LogP contribution in [0.2, 0.25) is 0 Å². The number of pyridine rings is 1. The standard InChI is InChI=1S/C24H29N7O2/c1-17-4-3-10-30(17)12-13-32-19-6-8-23(26-15-19)33-18-5-7-21-20(14-18)24(25)27-16-31(21)22-9-11-29(2)28-22/h5-9,11,14-17,24H,3-4,10,12-13,25H2,1-2H3/t17-,24?/m1/s1. The Balaban J connectivity index is 1.23. The molecule has 0 bridgehead atoms. The summed E-state index contributed by atoms with van der Waals surface area (Å²) in [6, 6.07) is 12.0. The van der Waals surface area contributed by atoms with E-state index in [1.165, 1.54) is 12.8 Å². The summed E-state index contributed by atoms with van der Waals surface area (Å²) in [5.41, 5.74) is 8.01. The third-order valence-corrected chi connectivity index (χ3v) is 6.14. The molecule has 0 radical (unpaired) electrons. The average Bonchev–Trinajstić information content (AvgIpc) is 3.43. The highest BCUT2D eigenvalue weighted by atomic mass is 16.5. The lowest BCUT2D eigenvalue weighted by Crippen LogP contribution is -2.31. The number of rotatable bonds is 7. The van der Waals surface area contributed by atoms with Gasteiger partial charge in [0.2, 0.25) is 5.88 Å². The van der Waals surface area contributed by atoms with Gasteiger partial charge in [0.15, 0.2) is 5.82 Å². The Kier molecular flexibility index (Phi) is 5.97. The number of hydrogen-bond acceptors (Lipinski definition) is 8. The van der Waals surface area contributed by atoms with Crippen LogP contribution in [0.5, 0.6) is 17.4 Å². The fourth-order valence-electron chi connectivity index (χ4n) is 4.29. The van der Waals surface area contributed by atoms with Crippen molar-refractivity contribution in [3.63, 3.8) is 0 Å². The lowest BCUT2D eigenvalue weighted by molar-refractivity contribution is 0.204. The Labute approximate surface area is 193 Å². The molecule has 0 amide bonds. The van der Waals surface area contributed by atoms with Gasteiger partial charge in [-0.3, -0.25) is 19.5 Å². The van der Waals surface area contributed by atoms with E-state index in [-0.39, 0.29) is 0 Å². The minimum atomic E-state index is -0.467. The fourth-order valence-corrected chi connectivity index (χ4v) is 4.29. The summed E-state index contributed by atoms with van der Waals surface area (Å²) in [4.78, 5) is 13.2. The van der Waals surface area contributed by atoms with Crippen molar-refractivity contribution in [2.45, 2.75) is 32.0 Å². The maximum absolute atomic E-state index is 6.23. The van der Waals surface area contributed by atoms with E-state index >= 15 is 0 Å². The number of benzene rings is 1. The maximum Gasteiger partial charge on any atom is 0.219 e. The van der Waals surface area contributed by atoms with E-state index in [1.807, 2.05) is 54.5 Å². The molecule has 2 aliphatic heterocycles. The van der Waals surface area contributed by atoms with Crippen molar-refractivity contribution in [2.24, 2.45) is 17.8 Å². The monoisotopic (exact) mass is 447 g/mol. The first-order valence-corrected chi connectivity index (χ1v) is 11.3. The van der Waals surface area contributed by atoms with Crippen LogP contribution in [0.15, 0.2) is 53.8 Å². The Hall–Kier alpha value is -3.43. The second-order valence-electron chi connectivity index (χ2n) is 8.46. The van der Waals surface area contributed by atoms with Gasteiger partial charge in [-0.05, 0) is 50.6 Å². The highest BCUT2D eigenvalue weighted by Crippen LogP contribution is 2.36. The van der Waals surface area contributed by atoms with Crippen molar-refractivity contribution in [1.29, 1.82) is 0 Å². The predicted octanol–water partition coefficient (Wildman–Crippen LogP) is 3.61. The molecule has 2 aliphatic rings. The van der Waals surface area contributed by atoms with Gasteiger partial charge in [0.25, 0.3) is 0 Å². The van der Waals surface area contributed by atoms with Crippen molar-refractivity contribution >= 4 is 17.8 Å². The van der Waals surface area contributed by atoms with Gasteiger partial charge in [-0.15, -0.1) is 0 Å². The SMILES string of the molecule is C[C@@H]1CCCN1CCOc1ccc(Oc2ccc3c(c2)C(N)N=CN3c2ccn(C)n2)nc1. The van der Waals surface area contributed by atoms with Gasteiger partial charge >= 0.3 is 0 Å². The second-order valence-corrected chi connectivity index (χ2v) is 8.46. The van der Waals surface area contributed by atoms with Crippen LogP contribution in [0.25, 0.3) is 0 Å². The van der Waals surface area contributed by atoms with E-state index in [0.717, 1.165) is 35.9 Å². The topological polar surface area (TPSA) is 94.0 Å². The summed E-state index contributed by atoms with van der Waals surface area (Å²) >= 11 is 0. The normalized spacial score (nSPS) is 20.2. The zero-order valence-electron chi connectivity index (χ0n) is 19.0. The summed E-state index contributed by atoms with van der Waals surface area (Å²) in [5, 5.41) is 4.46. The molecule has 0 aliphatic carbocycles. The zero-order valence-corrected chi connectivity index (χ0v) is 19.0. The first-order valence-electron chi connectivity index (χ1n) is 11.3. The lowest BCUT2D eigenvalue weighted by atomic mass is 10.1. The first kappa shape index (κ1) is 21.4. The van der Waals surface area contributed by atoms with Gasteiger partial charge < -0.3 is 15.2 Å². The molecule has 2 N–H and O–H groups in total. The Morgan fingerprint density at radius 1 is 1.15 bits per heavy atom. The summed E-state index contributed by atoms with van der Waals surface area (Å²) in [7, 11) is 1.88. The van der Waals surface area contributed by atoms with E-state index in [1.54, 1.807) is 17.2 Å². The number of aromatic nitrogens is 3. The number of hydrogen-bond donors (Lipinski definition) is 1. The van der Waals surface area contributed by atoms with Crippen LogP contribution in [0, 0.1) is 0 Å². The van der Waals surface area contributed by atoms with Gasteiger partial charge in [0.05, 0.1) is 18.2 Å². The highest BCUT2D eigenvalue weighted by molar-refractivity contribution is 5.91. The molecule has 1 aromatic carbocycles. The van der Waals surface area contributed by atoms with E-state index in [9.17, 15) is 0 Å². The molecule has 1 unspecified atom stereocenters. The Morgan fingerprint density at radius 2 is 2.03 bits per heavy atom. The van der Waals surface area contributed by atoms with Gasteiger partial charge in [-0.1, -0.05) is 0 Å². The molecule has 172 valence electrons. The smallest absolute Gasteiger partial charge is 0.219 e. The van der Waals surface area contributed by atoms with E-state index in [2.05, 4.69) is 26.9 Å². The summed E-state index contributed by atoms with van der Waals surface area (Å²) < 4.78 is 13.6. The van der Waals surface area contributed by atoms with Crippen LogP contribution >= 0.6 is 0 Å². The number of anilines is 2. The number of fused-ring (bicyclic) bond motifs is 1. The van der Waals surface area contributed by atoms with Crippen LogP contribution in [-0.2, 0) is 7.05 Å². The molecule has 2 aromatic heterocycles. The number of likely N-dealkylation sites (tertiary alicyclic amines) is 1. The van der Waals surface area contributed by atoms with E-state index < -0.39 is 6.17 Å². The number of ether oxygens (including phenoxy) is 2. The summed E-state index contributed by atoms with van der Waals surface area (Å²) in [6.07, 6.45) is 7.37. The largest absolute Gasteiger partial charge is 0.491 e. The molecule has 33 heavy (non-hydrogen) atoms. The molecular weight excluding hydrogens is 418 g/mol. The molecule has 0 saturated carbocycles. The molecule has 3 aromatic rings. The first-order chi connectivity index (χ1) is 16.1.